The highest BCUT2D eigenvalue weighted by atomic mass is 16.3. The Morgan fingerprint density at radius 1 is 1.00 bits per heavy atom. The van der Waals surface area contributed by atoms with Crippen LogP contribution in [0.5, 0.6) is 5.75 Å². The molecule has 3 aromatic rings. The minimum Gasteiger partial charge on any atom is -0.508 e. The SMILES string of the molecule is CC(C)(C)n1nnnc1C(c1ccccc1O)N1CCc2ccccc2C1. The molecule has 0 spiro atoms. The molecule has 1 N–H and O–H groups in total. The molecule has 1 aliphatic heterocycles. The van der Waals surface area contributed by atoms with Crippen molar-refractivity contribution >= 4 is 0 Å². The molecule has 6 heteroatoms. The van der Waals surface area contributed by atoms with Crippen LogP contribution < -0.4 is 0 Å². The first-order valence-electron chi connectivity index (χ1n) is 9.32. The number of rotatable bonds is 3. The topological polar surface area (TPSA) is 67.1 Å². The average molecular weight is 363 g/mol. The maximum Gasteiger partial charge on any atom is 0.173 e. The van der Waals surface area contributed by atoms with E-state index < -0.39 is 0 Å². The van der Waals surface area contributed by atoms with E-state index in [9.17, 15) is 5.11 Å². The highest BCUT2D eigenvalue weighted by Crippen LogP contribution is 2.37. The Morgan fingerprint density at radius 3 is 2.44 bits per heavy atom. The van der Waals surface area contributed by atoms with Gasteiger partial charge < -0.3 is 5.11 Å². The van der Waals surface area contributed by atoms with Crippen molar-refractivity contribution in [3.8, 4) is 5.75 Å². The first-order chi connectivity index (χ1) is 12.9. The number of fused-ring (bicyclic) bond motifs is 1. The van der Waals surface area contributed by atoms with Gasteiger partial charge in [-0.25, -0.2) is 4.68 Å². The van der Waals surface area contributed by atoms with Gasteiger partial charge >= 0.3 is 0 Å². The lowest BCUT2D eigenvalue weighted by molar-refractivity contribution is 0.183. The molecule has 0 bridgehead atoms. The number of para-hydroxylation sites is 1. The lowest BCUT2D eigenvalue weighted by Crippen LogP contribution is -2.38. The van der Waals surface area contributed by atoms with Crippen molar-refractivity contribution in [2.75, 3.05) is 6.54 Å². The minimum absolute atomic E-state index is 0.214. The smallest absolute Gasteiger partial charge is 0.173 e. The Morgan fingerprint density at radius 2 is 1.70 bits per heavy atom. The summed E-state index contributed by atoms with van der Waals surface area (Å²) in [5.41, 5.74) is 3.28. The number of benzene rings is 2. The second-order valence-corrected chi connectivity index (χ2v) is 8.07. The summed E-state index contributed by atoms with van der Waals surface area (Å²) in [6, 6.07) is 15.8. The van der Waals surface area contributed by atoms with E-state index in [1.54, 1.807) is 6.07 Å². The summed E-state index contributed by atoms with van der Waals surface area (Å²) in [5.74, 6) is 1.02. The molecule has 0 aliphatic carbocycles. The normalized spacial score (nSPS) is 16.1. The van der Waals surface area contributed by atoms with Crippen LogP contribution in [-0.4, -0.2) is 36.8 Å². The molecular weight excluding hydrogens is 338 g/mol. The third kappa shape index (κ3) is 3.32. The Kier molecular flexibility index (Phi) is 4.44. The maximum absolute atomic E-state index is 10.6. The maximum atomic E-state index is 10.6. The summed E-state index contributed by atoms with van der Waals surface area (Å²) in [6.45, 7) is 7.93. The van der Waals surface area contributed by atoms with Crippen LogP contribution >= 0.6 is 0 Å². The van der Waals surface area contributed by atoms with Gasteiger partial charge in [0.15, 0.2) is 5.82 Å². The molecular formula is C21H25N5O. The monoisotopic (exact) mass is 363 g/mol. The van der Waals surface area contributed by atoms with Crippen molar-refractivity contribution in [3.05, 3.63) is 71.0 Å². The minimum atomic E-state index is -0.255. The van der Waals surface area contributed by atoms with Crippen LogP contribution in [-0.2, 0) is 18.5 Å². The fraction of sp³-hybridized carbons (Fsp3) is 0.381. The molecule has 1 aromatic heterocycles. The molecule has 0 fully saturated rings. The molecule has 140 valence electrons. The van der Waals surface area contributed by atoms with E-state index in [4.69, 9.17) is 0 Å². The van der Waals surface area contributed by atoms with Gasteiger partial charge in [0.05, 0.1) is 5.54 Å². The van der Waals surface area contributed by atoms with Crippen LogP contribution in [0.1, 0.15) is 49.3 Å². The second-order valence-electron chi connectivity index (χ2n) is 8.07. The van der Waals surface area contributed by atoms with Crippen molar-refractivity contribution in [2.45, 2.75) is 45.3 Å². The summed E-state index contributed by atoms with van der Waals surface area (Å²) >= 11 is 0. The molecule has 27 heavy (non-hydrogen) atoms. The molecule has 2 aromatic carbocycles. The fourth-order valence-corrected chi connectivity index (χ4v) is 3.80. The summed E-state index contributed by atoms with van der Waals surface area (Å²) < 4.78 is 1.87. The summed E-state index contributed by atoms with van der Waals surface area (Å²) in [5, 5.41) is 23.2. The Hall–Kier alpha value is -2.73. The predicted molar refractivity (Wildman–Crippen MR) is 103 cm³/mol. The van der Waals surface area contributed by atoms with E-state index in [-0.39, 0.29) is 17.3 Å². The van der Waals surface area contributed by atoms with Crippen LogP contribution in [0.3, 0.4) is 0 Å². The molecule has 0 saturated carbocycles. The Bertz CT molecular complexity index is 943. The van der Waals surface area contributed by atoms with Crippen LogP contribution in [0.2, 0.25) is 0 Å². The highest BCUT2D eigenvalue weighted by Gasteiger charge is 2.34. The average Bonchev–Trinajstić information content (AvgIpc) is 3.13. The van der Waals surface area contributed by atoms with E-state index in [0.29, 0.717) is 0 Å². The predicted octanol–water partition coefficient (Wildman–Crippen LogP) is 3.28. The van der Waals surface area contributed by atoms with E-state index in [2.05, 4.69) is 65.5 Å². The van der Waals surface area contributed by atoms with E-state index in [0.717, 1.165) is 30.9 Å². The molecule has 0 radical (unpaired) electrons. The van der Waals surface area contributed by atoms with E-state index in [1.165, 1.54) is 11.1 Å². The van der Waals surface area contributed by atoms with Crippen LogP contribution in [0.4, 0.5) is 0 Å². The van der Waals surface area contributed by atoms with Gasteiger partial charge in [-0.05, 0) is 54.8 Å². The van der Waals surface area contributed by atoms with Gasteiger partial charge in [0.2, 0.25) is 0 Å². The third-order valence-electron chi connectivity index (χ3n) is 5.13. The van der Waals surface area contributed by atoms with E-state index in [1.807, 2.05) is 22.9 Å². The van der Waals surface area contributed by atoms with Crippen LogP contribution in [0, 0.1) is 0 Å². The van der Waals surface area contributed by atoms with Crippen molar-refractivity contribution in [1.29, 1.82) is 0 Å². The highest BCUT2D eigenvalue weighted by molar-refractivity contribution is 5.39. The molecule has 0 saturated heterocycles. The third-order valence-corrected chi connectivity index (χ3v) is 5.13. The second kappa shape index (κ2) is 6.78. The molecule has 6 nitrogen and oxygen atoms in total. The van der Waals surface area contributed by atoms with Crippen molar-refractivity contribution < 1.29 is 5.11 Å². The van der Waals surface area contributed by atoms with Gasteiger partial charge in [-0.1, -0.05) is 42.5 Å². The van der Waals surface area contributed by atoms with Gasteiger partial charge in [0, 0.05) is 18.7 Å². The zero-order valence-corrected chi connectivity index (χ0v) is 16.0. The molecule has 2 heterocycles. The van der Waals surface area contributed by atoms with Gasteiger partial charge in [-0.2, -0.15) is 0 Å². The summed E-state index contributed by atoms with van der Waals surface area (Å²) in [7, 11) is 0. The fourth-order valence-electron chi connectivity index (χ4n) is 3.80. The zero-order valence-electron chi connectivity index (χ0n) is 16.0. The first-order valence-corrected chi connectivity index (χ1v) is 9.32. The zero-order chi connectivity index (χ0) is 19.0. The van der Waals surface area contributed by atoms with Crippen LogP contribution in [0.25, 0.3) is 0 Å². The molecule has 1 unspecified atom stereocenters. The number of phenols is 1. The summed E-state index contributed by atoms with van der Waals surface area (Å²) in [4.78, 5) is 2.35. The summed E-state index contributed by atoms with van der Waals surface area (Å²) in [6.07, 6.45) is 0.970. The molecule has 1 atom stereocenters. The van der Waals surface area contributed by atoms with Crippen molar-refractivity contribution in [1.82, 2.24) is 25.1 Å². The molecule has 4 rings (SSSR count). The Balaban J connectivity index is 1.82. The number of aromatic nitrogens is 4. The number of nitrogens with zero attached hydrogens (tertiary/aromatic N) is 5. The van der Waals surface area contributed by atoms with Gasteiger partial charge in [0.25, 0.3) is 0 Å². The van der Waals surface area contributed by atoms with Crippen LogP contribution in [0.15, 0.2) is 48.5 Å². The van der Waals surface area contributed by atoms with Gasteiger partial charge in [-0.3, -0.25) is 4.90 Å². The van der Waals surface area contributed by atoms with E-state index >= 15 is 0 Å². The quantitative estimate of drug-likeness (QED) is 0.773. The standard InChI is InChI=1S/C21H25N5O/c1-21(2,3)26-20(22-23-24-26)19(17-10-6-7-11-18(17)27)25-13-12-15-8-4-5-9-16(15)14-25/h4-11,19,27H,12-14H2,1-3H3. The largest absolute Gasteiger partial charge is 0.508 e. The number of hydrogen-bond acceptors (Lipinski definition) is 5. The van der Waals surface area contributed by atoms with Crippen molar-refractivity contribution in [3.63, 3.8) is 0 Å². The number of tetrazole rings is 1. The molecule has 1 aliphatic rings. The Labute approximate surface area is 159 Å². The first kappa shape index (κ1) is 17.7. The number of hydrogen-bond donors (Lipinski definition) is 1. The van der Waals surface area contributed by atoms with Crippen molar-refractivity contribution in [2.24, 2.45) is 0 Å². The number of phenolic OH excluding ortho intramolecular Hbond substituents is 1. The lowest BCUT2D eigenvalue weighted by Gasteiger charge is -2.36. The molecule has 0 amide bonds. The lowest BCUT2D eigenvalue weighted by atomic mass is 9.95. The van der Waals surface area contributed by atoms with Gasteiger partial charge in [0.1, 0.15) is 11.8 Å². The number of aromatic hydroxyl groups is 1. The van der Waals surface area contributed by atoms with Gasteiger partial charge in [-0.15, -0.1) is 5.10 Å².